The first-order valence-electron chi connectivity index (χ1n) is 6.08. The Hall–Kier alpha value is -0.450. The molecule has 1 aromatic rings. The molecule has 4 heteroatoms. The van der Waals surface area contributed by atoms with Gasteiger partial charge in [0.25, 0.3) is 0 Å². The Morgan fingerprint density at radius 1 is 1.31 bits per heavy atom. The second kappa shape index (κ2) is 4.09. The quantitative estimate of drug-likeness (QED) is 0.843. The highest BCUT2D eigenvalue weighted by Crippen LogP contribution is 2.28. The number of nitrogens with one attached hydrogen (secondary N) is 1. The minimum absolute atomic E-state index is 0.891. The highest BCUT2D eigenvalue weighted by Gasteiger charge is 2.36. The Morgan fingerprint density at radius 3 is 2.56 bits per heavy atom. The van der Waals surface area contributed by atoms with Gasteiger partial charge in [-0.1, -0.05) is 0 Å². The zero-order chi connectivity index (χ0) is 11.1. The van der Waals surface area contributed by atoms with Gasteiger partial charge < -0.3 is 5.32 Å². The fraction of sp³-hybridized carbons (Fsp3) is 0.750. The summed E-state index contributed by atoms with van der Waals surface area (Å²) in [4.78, 5) is 8.58. The van der Waals surface area contributed by atoms with Crippen LogP contribution in [0.5, 0.6) is 0 Å². The summed E-state index contributed by atoms with van der Waals surface area (Å²) in [5.74, 6) is 1.78. The molecule has 2 aliphatic rings. The van der Waals surface area contributed by atoms with Crippen molar-refractivity contribution in [2.75, 3.05) is 26.2 Å². The highest BCUT2D eigenvalue weighted by atomic mass is 32.1. The zero-order valence-electron chi connectivity index (χ0n) is 9.99. The summed E-state index contributed by atoms with van der Waals surface area (Å²) in [7, 11) is 0. The van der Waals surface area contributed by atoms with Crippen molar-refractivity contribution in [2.24, 2.45) is 11.8 Å². The third-order valence-electron chi connectivity index (χ3n) is 3.90. The lowest BCUT2D eigenvalue weighted by Crippen LogP contribution is -2.25. The van der Waals surface area contributed by atoms with Gasteiger partial charge in [0.05, 0.1) is 12.2 Å². The van der Waals surface area contributed by atoms with E-state index in [9.17, 15) is 0 Å². The van der Waals surface area contributed by atoms with E-state index in [0.29, 0.717) is 0 Å². The van der Waals surface area contributed by atoms with Gasteiger partial charge >= 0.3 is 0 Å². The third kappa shape index (κ3) is 1.90. The first-order chi connectivity index (χ1) is 7.72. The van der Waals surface area contributed by atoms with Crippen molar-refractivity contribution in [1.82, 2.24) is 15.2 Å². The lowest BCUT2D eigenvalue weighted by molar-refractivity contribution is 0.305. The van der Waals surface area contributed by atoms with Crippen molar-refractivity contribution in [2.45, 2.75) is 20.4 Å². The topological polar surface area (TPSA) is 28.2 Å². The minimum atomic E-state index is 0.891. The molecule has 0 aromatic carbocycles. The zero-order valence-corrected chi connectivity index (χ0v) is 10.8. The Morgan fingerprint density at radius 2 is 2.00 bits per heavy atom. The average Bonchev–Trinajstić information content (AvgIpc) is 2.83. The van der Waals surface area contributed by atoms with Crippen LogP contribution in [-0.4, -0.2) is 36.1 Å². The number of nitrogens with zero attached hydrogens (tertiary/aromatic N) is 2. The fourth-order valence-electron chi connectivity index (χ4n) is 2.88. The summed E-state index contributed by atoms with van der Waals surface area (Å²) in [6.07, 6.45) is 0. The molecule has 2 saturated heterocycles. The smallest absolute Gasteiger partial charge is 0.107 e. The number of thiazole rings is 1. The van der Waals surface area contributed by atoms with E-state index in [1.54, 1.807) is 0 Å². The number of hydrogen-bond donors (Lipinski definition) is 1. The van der Waals surface area contributed by atoms with Gasteiger partial charge in [-0.15, -0.1) is 11.3 Å². The second-order valence-corrected chi connectivity index (χ2v) is 6.41. The van der Waals surface area contributed by atoms with Gasteiger partial charge in [0.1, 0.15) is 5.01 Å². The van der Waals surface area contributed by atoms with Crippen LogP contribution in [0.1, 0.15) is 15.6 Å². The maximum Gasteiger partial charge on any atom is 0.107 e. The Balaban J connectivity index is 1.64. The van der Waals surface area contributed by atoms with Crippen molar-refractivity contribution in [3.63, 3.8) is 0 Å². The van der Waals surface area contributed by atoms with Crippen LogP contribution in [0.15, 0.2) is 0 Å². The standard InChI is InChI=1S/C12H19N3S/c1-8-9(2)16-12(14-8)7-15-5-10-3-13-4-11(10)6-15/h10-11,13H,3-7H2,1-2H3/t10-,11+. The van der Waals surface area contributed by atoms with Crippen LogP contribution in [0.3, 0.4) is 0 Å². The molecule has 0 spiro atoms. The van der Waals surface area contributed by atoms with Gasteiger partial charge in [0.15, 0.2) is 0 Å². The molecule has 16 heavy (non-hydrogen) atoms. The molecule has 0 aliphatic carbocycles. The fourth-order valence-corrected chi connectivity index (χ4v) is 3.86. The van der Waals surface area contributed by atoms with Gasteiger partial charge in [-0.25, -0.2) is 4.98 Å². The van der Waals surface area contributed by atoms with Crippen LogP contribution in [0.25, 0.3) is 0 Å². The molecule has 0 bridgehead atoms. The van der Waals surface area contributed by atoms with Crippen molar-refractivity contribution in [1.29, 1.82) is 0 Å². The molecule has 2 atom stereocenters. The Labute approximate surface area is 101 Å². The Kier molecular flexibility index (Phi) is 2.73. The highest BCUT2D eigenvalue weighted by molar-refractivity contribution is 7.11. The van der Waals surface area contributed by atoms with E-state index < -0.39 is 0 Å². The predicted molar refractivity (Wildman–Crippen MR) is 66.7 cm³/mol. The van der Waals surface area contributed by atoms with Gasteiger partial charge in [-0.05, 0) is 38.8 Å². The van der Waals surface area contributed by atoms with Gasteiger partial charge in [-0.3, -0.25) is 4.90 Å². The molecule has 1 N–H and O–H groups in total. The van der Waals surface area contributed by atoms with Crippen molar-refractivity contribution in [3.05, 3.63) is 15.6 Å². The second-order valence-electron chi connectivity index (χ2n) is 5.12. The van der Waals surface area contributed by atoms with E-state index in [1.165, 1.54) is 41.8 Å². The van der Waals surface area contributed by atoms with Crippen LogP contribution < -0.4 is 5.32 Å². The number of likely N-dealkylation sites (tertiary alicyclic amines) is 1. The van der Waals surface area contributed by atoms with E-state index in [4.69, 9.17) is 0 Å². The summed E-state index contributed by atoms with van der Waals surface area (Å²) < 4.78 is 0. The van der Waals surface area contributed by atoms with E-state index in [1.807, 2.05) is 11.3 Å². The number of hydrogen-bond acceptors (Lipinski definition) is 4. The van der Waals surface area contributed by atoms with Crippen LogP contribution in [0, 0.1) is 25.7 Å². The van der Waals surface area contributed by atoms with Crippen LogP contribution in [0.4, 0.5) is 0 Å². The molecule has 0 saturated carbocycles. The van der Waals surface area contributed by atoms with Crippen LogP contribution in [-0.2, 0) is 6.54 Å². The molecule has 0 radical (unpaired) electrons. The van der Waals surface area contributed by atoms with Crippen LogP contribution in [0.2, 0.25) is 0 Å². The van der Waals surface area contributed by atoms with Crippen LogP contribution >= 0.6 is 11.3 Å². The molecule has 2 fully saturated rings. The number of rotatable bonds is 2. The number of aromatic nitrogens is 1. The number of aryl methyl sites for hydroxylation is 2. The molecule has 3 nitrogen and oxygen atoms in total. The molecule has 1 aromatic heterocycles. The first kappa shape index (κ1) is 10.7. The average molecular weight is 237 g/mol. The maximum absolute atomic E-state index is 4.63. The lowest BCUT2D eigenvalue weighted by atomic mass is 10.0. The summed E-state index contributed by atoms with van der Waals surface area (Å²) in [6, 6.07) is 0. The van der Waals surface area contributed by atoms with E-state index in [2.05, 4.69) is 29.0 Å². The summed E-state index contributed by atoms with van der Waals surface area (Å²) in [6.45, 7) is 10.3. The van der Waals surface area contributed by atoms with Crippen molar-refractivity contribution < 1.29 is 0 Å². The van der Waals surface area contributed by atoms with Crippen molar-refractivity contribution in [3.8, 4) is 0 Å². The summed E-state index contributed by atoms with van der Waals surface area (Å²) in [5, 5.41) is 4.78. The molecule has 0 amide bonds. The predicted octanol–water partition coefficient (Wildman–Crippen LogP) is 1.41. The van der Waals surface area contributed by atoms with Gasteiger partial charge in [0.2, 0.25) is 0 Å². The lowest BCUT2D eigenvalue weighted by Gasteiger charge is -2.14. The van der Waals surface area contributed by atoms with Crippen molar-refractivity contribution >= 4 is 11.3 Å². The molecule has 88 valence electrons. The molecule has 2 aliphatic heterocycles. The molecule has 3 heterocycles. The van der Waals surface area contributed by atoms with Gasteiger partial charge in [0, 0.05) is 18.0 Å². The summed E-state index contributed by atoms with van der Waals surface area (Å²) >= 11 is 1.86. The van der Waals surface area contributed by atoms with E-state index >= 15 is 0 Å². The van der Waals surface area contributed by atoms with E-state index in [0.717, 1.165) is 18.4 Å². The molecule has 3 rings (SSSR count). The Bertz CT molecular complexity index is 356. The van der Waals surface area contributed by atoms with Gasteiger partial charge in [-0.2, -0.15) is 0 Å². The monoisotopic (exact) mass is 237 g/mol. The molecular formula is C12H19N3S. The third-order valence-corrected chi connectivity index (χ3v) is 4.95. The SMILES string of the molecule is Cc1nc(CN2C[C@H]3CNC[C@H]3C2)sc1C. The van der Waals surface area contributed by atoms with E-state index in [-0.39, 0.29) is 0 Å². The minimum Gasteiger partial charge on any atom is -0.316 e. The largest absolute Gasteiger partial charge is 0.316 e. The maximum atomic E-state index is 4.63. The molecular weight excluding hydrogens is 218 g/mol. The number of fused-ring (bicyclic) bond motifs is 1. The molecule has 0 unspecified atom stereocenters. The first-order valence-corrected chi connectivity index (χ1v) is 6.90. The summed E-state index contributed by atoms with van der Waals surface area (Å²) in [5.41, 5.74) is 1.21. The normalized spacial score (nSPS) is 29.9.